The molecular formula is C23H17BrN4O9. The van der Waals surface area contributed by atoms with Crippen molar-refractivity contribution in [2.24, 2.45) is 0 Å². The van der Waals surface area contributed by atoms with Crippen molar-refractivity contribution < 1.29 is 37.9 Å². The van der Waals surface area contributed by atoms with Crippen LogP contribution in [0.25, 0.3) is 6.08 Å². The first-order valence-electron chi connectivity index (χ1n) is 10.4. The van der Waals surface area contributed by atoms with Crippen LogP contribution < -0.4 is 14.8 Å². The highest BCUT2D eigenvalue weighted by molar-refractivity contribution is 9.10. The monoisotopic (exact) mass is 572 g/mol. The van der Waals surface area contributed by atoms with E-state index in [0.29, 0.717) is 10.0 Å². The number of benzene rings is 1. The highest BCUT2D eigenvalue weighted by Gasteiger charge is 2.35. The Balaban J connectivity index is 1.63. The van der Waals surface area contributed by atoms with Crippen molar-refractivity contribution in [1.82, 2.24) is 15.2 Å². The van der Waals surface area contributed by atoms with Crippen LogP contribution in [0.15, 0.2) is 57.2 Å². The van der Waals surface area contributed by atoms with E-state index < -0.39 is 22.8 Å². The summed E-state index contributed by atoms with van der Waals surface area (Å²) in [6, 6.07) is 7.90. The lowest BCUT2D eigenvalue weighted by Crippen LogP contribution is -2.30. The Hall–Kier alpha value is -4.72. The highest BCUT2D eigenvalue weighted by Crippen LogP contribution is 2.39. The number of nitrogens with one attached hydrogen (secondary N) is 1. The molecule has 1 aliphatic heterocycles. The lowest BCUT2D eigenvalue weighted by Gasteiger charge is -2.13. The minimum absolute atomic E-state index is 0.0357. The molecule has 0 bridgehead atoms. The van der Waals surface area contributed by atoms with Crippen LogP contribution in [-0.4, -0.2) is 46.9 Å². The zero-order valence-electron chi connectivity index (χ0n) is 19.2. The number of imide groups is 1. The van der Waals surface area contributed by atoms with Gasteiger partial charge in [-0.3, -0.25) is 19.8 Å². The van der Waals surface area contributed by atoms with Crippen LogP contribution in [0.5, 0.6) is 17.4 Å². The molecule has 1 saturated heterocycles. The molecule has 0 radical (unpaired) electrons. The average molecular weight is 573 g/mol. The third-order valence-corrected chi connectivity index (χ3v) is 5.49. The number of rotatable bonds is 8. The molecule has 3 amide bonds. The van der Waals surface area contributed by atoms with Crippen molar-refractivity contribution >= 4 is 45.6 Å². The molecule has 1 aromatic carbocycles. The first kappa shape index (κ1) is 25.4. The summed E-state index contributed by atoms with van der Waals surface area (Å²) in [4.78, 5) is 52.3. The predicted octanol–water partition coefficient (Wildman–Crippen LogP) is 4.03. The maximum atomic E-state index is 13.0. The summed E-state index contributed by atoms with van der Waals surface area (Å²) in [6.07, 6.45) is 2.42. The van der Waals surface area contributed by atoms with Crippen LogP contribution in [0, 0.1) is 10.1 Å². The molecule has 0 aliphatic carbocycles. The highest BCUT2D eigenvalue weighted by atomic mass is 79.9. The summed E-state index contributed by atoms with van der Waals surface area (Å²) in [5.74, 6) is -0.768. The van der Waals surface area contributed by atoms with Gasteiger partial charge < -0.3 is 23.9 Å². The Morgan fingerprint density at radius 1 is 1.24 bits per heavy atom. The van der Waals surface area contributed by atoms with E-state index in [0.717, 1.165) is 11.1 Å². The Morgan fingerprint density at radius 2 is 2.03 bits per heavy atom. The fraction of sp³-hybridized carbons (Fsp3) is 0.130. The van der Waals surface area contributed by atoms with Crippen LogP contribution in [0.1, 0.15) is 21.9 Å². The second kappa shape index (κ2) is 10.5. The second-order valence-electron chi connectivity index (χ2n) is 7.38. The smallest absolute Gasteiger partial charge is 0.373 e. The number of aromatic nitrogens is 1. The van der Waals surface area contributed by atoms with Gasteiger partial charge in [0.2, 0.25) is 11.6 Å². The van der Waals surface area contributed by atoms with Gasteiger partial charge in [0.05, 0.1) is 25.7 Å². The van der Waals surface area contributed by atoms with Crippen molar-refractivity contribution in [2.45, 2.75) is 6.54 Å². The number of nitrogens with zero attached hydrogens (tertiary/aromatic N) is 3. The topological polar surface area (TPSA) is 163 Å². The summed E-state index contributed by atoms with van der Waals surface area (Å²) in [7, 11) is 2.61. The van der Waals surface area contributed by atoms with Gasteiger partial charge in [-0.2, -0.15) is 0 Å². The molecule has 0 unspecified atom stereocenters. The van der Waals surface area contributed by atoms with Gasteiger partial charge in [-0.1, -0.05) is 15.9 Å². The standard InChI is InChI=1S/C23H17BrN4O9/c1-34-18-9-13(24)7-12(20(18)37-19-6-3-14(10-25-19)28(32)33)8-16-21(29)27(23(31)26-16)11-15-4-5-17(36-15)22(30)35-2/h3-10H,11H2,1-2H3,(H,26,31)/b16-8-. The molecule has 0 spiro atoms. The lowest BCUT2D eigenvalue weighted by atomic mass is 10.1. The summed E-state index contributed by atoms with van der Waals surface area (Å²) in [5, 5.41) is 13.4. The number of pyridine rings is 1. The number of hydrogen-bond acceptors (Lipinski definition) is 10. The van der Waals surface area contributed by atoms with Gasteiger partial charge in [-0.15, -0.1) is 0 Å². The van der Waals surface area contributed by atoms with Crippen molar-refractivity contribution in [2.75, 3.05) is 14.2 Å². The third kappa shape index (κ3) is 5.43. The van der Waals surface area contributed by atoms with Crippen LogP contribution >= 0.6 is 15.9 Å². The van der Waals surface area contributed by atoms with Gasteiger partial charge in [0, 0.05) is 22.2 Å². The van der Waals surface area contributed by atoms with Crippen molar-refractivity contribution in [3.63, 3.8) is 0 Å². The van der Waals surface area contributed by atoms with Gasteiger partial charge >= 0.3 is 12.0 Å². The van der Waals surface area contributed by atoms with Crippen LogP contribution in [0.2, 0.25) is 0 Å². The molecule has 2 aromatic heterocycles. The number of halogens is 1. The number of methoxy groups -OCH3 is 2. The first-order chi connectivity index (χ1) is 17.7. The molecule has 0 atom stereocenters. The fourth-order valence-corrected chi connectivity index (χ4v) is 3.76. The number of ether oxygens (including phenoxy) is 3. The number of esters is 1. The second-order valence-corrected chi connectivity index (χ2v) is 8.29. The Labute approximate surface area is 216 Å². The van der Waals surface area contributed by atoms with Gasteiger partial charge in [0.15, 0.2) is 11.5 Å². The maximum Gasteiger partial charge on any atom is 0.373 e. The number of carbonyl (C=O) groups excluding carboxylic acids is 3. The molecule has 1 N–H and O–H groups in total. The molecule has 190 valence electrons. The number of amides is 3. The largest absolute Gasteiger partial charge is 0.493 e. The zero-order valence-corrected chi connectivity index (χ0v) is 20.8. The first-order valence-corrected chi connectivity index (χ1v) is 11.2. The van der Waals surface area contributed by atoms with Crippen molar-refractivity contribution in [1.29, 1.82) is 0 Å². The van der Waals surface area contributed by atoms with E-state index in [4.69, 9.17) is 13.9 Å². The number of urea groups is 1. The van der Waals surface area contributed by atoms with Crippen LogP contribution in [0.4, 0.5) is 10.5 Å². The molecule has 3 heterocycles. The SMILES string of the molecule is COC(=O)c1ccc(CN2C(=O)N/C(=C\c3cc(Br)cc(OC)c3Oc3ccc([N+](=O)[O-])cn3)C2=O)o1. The van der Waals surface area contributed by atoms with Crippen molar-refractivity contribution in [3.05, 3.63) is 80.0 Å². The number of hydrogen-bond donors (Lipinski definition) is 1. The molecule has 14 heteroatoms. The van der Waals surface area contributed by atoms with E-state index in [1.165, 1.54) is 44.6 Å². The van der Waals surface area contributed by atoms with Gasteiger partial charge in [0.25, 0.3) is 11.6 Å². The van der Waals surface area contributed by atoms with Crippen molar-refractivity contribution in [3.8, 4) is 17.4 Å². The minimum atomic E-state index is -0.700. The van der Waals surface area contributed by atoms with Gasteiger partial charge in [-0.25, -0.2) is 14.6 Å². The third-order valence-electron chi connectivity index (χ3n) is 5.03. The molecule has 37 heavy (non-hydrogen) atoms. The summed E-state index contributed by atoms with van der Waals surface area (Å²) in [6.45, 7) is -0.225. The van der Waals surface area contributed by atoms with Gasteiger partial charge in [0.1, 0.15) is 17.7 Å². The van der Waals surface area contributed by atoms with E-state index in [-0.39, 0.29) is 46.8 Å². The maximum absolute atomic E-state index is 13.0. The fourth-order valence-electron chi connectivity index (χ4n) is 3.30. The Kier molecular flexibility index (Phi) is 7.20. The summed E-state index contributed by atoms with van der Waals surface area (Å²) in [5.41, 5.74) is 0.0568. The van der Waals surface area contributed by atoms with E-state index in [1.54, 1.807) is 12.1 Å². The number of nitro groups is 1. The molecule has 4 rings (SSSR count). The molecule has 3 aromatic rings. The van der Waals surface area contributed by atoms with E-state index >= 15 is 0 Å². The zero-order chi connectivity index (χ0) is 26.7. The molecule has 1 fully saturated rings. The number of carbonyl (C=O) groups is 3. The Morgan fingerprint density at radius 3 is 2.68 bits per heavy atom. The lowest BCUT2D eigenvalue weighted by molar-refractivity contribution is -0.385. The molecule has 1 aliphatic rings. The van der Waals surface area contributed by atoms with E-state index in [9.17, 15) is 24.5 Å². The normalized spacial score (nSPS) is 14.0. The summed E-state index contributed by atoms with van der Waals surface area (Å²) >= 11 is 3.36. The Bertz CT molecular complexity index is 1430. The summed E-state index contributed by atoms with van der Waals surface area (Å²) < 4.78 is 21.7. The quantitative estimate of drug-likeness (QED) is 0.137. The average Bonchev–Trinajstić information content (AvgIpc) is 3.45. The molecule has 13 nitrogen and oxygen atoms in total. The van der Waals surface area contributed by atoms with Gasteiger partial charge in [-0.05, 0) is 30.3 Å². The molecule has 0 saturated carbocycles. The number of furan rings is 1. The van der Waals surface area contributed by atoms with E-state index in [2.05, 4.69) is 31.0 Å². The minimum Gasteiger partial charge on any atom is -0.493 e. The van der Waals surface area contributed by atoms with Crippen LogP contribution in [0.3, 0.4) is 0 Å². The predicted molar refractivity (Wildman–Crippen MR) is 129 cm³/mol. The molecular weight excluding hydrogens is 556 g/mol. The van der Waals surface area contributed by atoms with Crippen LogP contribution in [-0.2, 0) is 16.1 Å². The van der Waals surface area contributed by atoms with E-state index in [1.807, 2.05) is 0 Å².